The maximum Gasteiger partial charge on any atom is 0.115 e. The second kappa shape index (κ2) is 4.98. The van der Waals surface area contributed by atoms with Crippen molar-refractivity contribution >= 4 is 9.52 Å². The molecule has 1 rings (SSSR count). The number of rotatable bonds is 4. The van der Waals surface area contributed by atoms with E-state index in [1.165, 1.54) is 18.0 Å². The summed E-state index contributed by atoms with van der Waals surface area (Å²) < 4.78 is 0. The largest absolute Gasteiger partial charge is 0.508 e. The van der Waals surface area contributed by atoms with Crippen molar-refractivity contribution in [3.63, 3.8) is 0 Å². The number of benzene rings is 1. The smallest absolute Gasteiger partial charge is 0.115 e. The first-order valence-corrected chi connectivity index (χ1v) is 5.96. The maximum atomic E-state index is 9.03. The lowest BCUT2D eigenvalue weighted by molar-refractivity contribution is 0.475. The molecule has 2 heteroatoms. The molecule has 1 N–H and O–H groups in total. The number of aryl methyl sites for hydroxylation is 1. The number of aromatic hydroxyl groups is 1. The summed E-state index contributed by atoms with van der Waals surface area (Å²) in [4.78, 5) is 0. The molecule has 0 atom stereocenters. The van der Waals surface area contributed by atoms with E-state index in [9.17, 15) is 0 Å². The van der Waals surface area contributed by atoms with E-state index in [2.05, 4.69) is 6.55 Å². The number of phenolic OH excluding ortho intramolecular Hbond substituents is 1. The minimum absolute atomic E-state index is 0.358. The van der Waals surface area contributed by atoms with E-state index in [4.69, 9.17) is 5.11 Å². The van der Waals surface area contributed by atoms with E-state index >= 15 is 0 Å². The van der Waals surface area contributed by atoms with Gasteiger partial charge in [0.2, 0.25) is 0 Å². The first-order valence-electron chi connectivity index (χ1n) is 4.25. The molecule has 0 spiro atoms. The van der Waals surface area contributed by atoms with Crippen molar-refractivity contribution in [3.8, 4) is 5.75 Å². The quantitative estimate of drug-likeness (QED) is 0.555. The van der Waals surface area contributed by atoms with Gasteiger partial charge in [-0.15, -0.1) is 0 Å². The Hall–Kier alpha value is -0.763. The molecule has 0 fully saturated rings. The number of hydrogen-bond acceptors (Lipinski definition) is 1. The third kappa shape index (κ3) is 3.09. The summed E-state index contributed by atoms with van der Waals surface area (Å²) in [6.45, 7) is 2.23. The Kier molecular flexibility index (Phi) is 3.87. The highest BCUT2D eigenvalue weighted by molar-refractivity contribution is 6.33. The Balaban J connectivity index is 2.37. The Morgan fingerprint density at radius 2 is 1.92 bits per heavy atom. The van der Waals surface area contributed by atoms with Crippen LogP contribution in [0.5, 0.6) is 5.75 Å². The molecule has 0 aliphatic rings. The van der Waals surface area contributed by atoms with Gasteiger partial charge in [0.1, 0.15) is 5.75 Å². The standard InChI is InChI=1S/C10H14OSi/c1-12-8-2-3-9-4-6-10(11)7-5-9/h4-7,11H,2-3,8H2,1H3. The van der Waals surface area contributed by atoms with Crippen molar-refractivity contribution < 1.29 is 5.11 Å². The van der Waals surface area contributed by atoms with Gasteiger partial charge in [-0.05, 0) is 24.1 Å². The summed E-state index contributed by atoms with van der Waals surface area (Å²) in [6, 6.07) is 8.82. The summed E-state index contributed by atoms with van der Waals surface area (Å²) in [6.07, 6.45) is 2.40. The summed E-state index contributed by atoms with van der Waals surface area (Å²) in [7, 11) is 1.06. The minimum Gasteiger partial charge on any atom is -0.508 e. The summed E-state index contributed by atoms with van der Waals surface area (Å²) in [5, 5.41) is 9.03. The van der Waals surface area contributed by atoms with Crippen LogP contribution in [0.3, 0.4) is 0 Å². The first kappa shape index (κ1) is 9.33. The van der Waals surface area contributed by atoms with Crippen LogP contribution in [0.2, 0.25) is 12.6 Å². The van der Waals surface area contributed by atoms with Crippen molar-refractivity contribution in [3.05, 3.63) is 29.8 Å². The number of hydrogen-bond donors (Lipinski definition) is 1. The molecule has 0 aliphatic carbocycles. The molecule has 1 aromatic carbocycles. The average Bonchev–Trinajstić information content (AvgIpc) is 2.09. The molecule has 2 radical (unpaired) electrons. The molecule has 0 unspecified atom stereocenters. The zero-order chi connectivity index (χ0) is 8.81. The van der Waals surface area contributed by atoms with Gasteiger partial charge >= 0.3 is 0 Å². The lowest BCUT2D eigenvalue weighted by Gasteiger charge is -1.99. The molecule has 0 saturated heterocycles. The monoisotopic (exact) mass is 178 g/mol. The lowest BCUT2D eigenvalue weighted by Crippen LogP contribution is -1.87. The fourth-order valence-electron chi connectivity index (χ4n) is 1.13. The van der Waals surface area contributed by atoms with Gasteiger partial charge in [0, 0.05) is 9.52 Å². The molecule has 12 heavy (non-hydrogen) atoms. The predicted octanol–water partition coefficient (Wildman–Crippen LogP) is 2.50. The third-order valence-corrected chi connectivity index (χ3v) is 2.68. The normalized spacial score (nSPS) is 10.1. The fraction of sp³-hybridized carbons (Fsp3) is 0.400. The molecule has 1 nitrogen and oxygen atoms in total. The second-order valence-corrected chi connectivity index (χ2v) is 4.08. The molecule has 0 heterocycles. The van der Waals surface area contributed by atoms with E-state index in [1.54, 1.807) is 12.1 Å². The van der Waals surface area contributed by atoms with Crippen LogP contribution in [-0.2, 0) is 6.42 Å². The molecular formula is C10H14OSi. The Morgan fingerprint density at radius 1 is 1.25 bits per heavy atom. The van der Waals surface area contributed by atoms with Crippen molar-refractivity contribution in [2.75, 3.05) is 0 Å². The van der Waals surface area contributed by atoms with Gasteiger partial charge in [-0.1, -0.05) is 31.1 Å². The summed E-state index contributed by atoms with van der Waals surface area (Å²) >= 11 is 0. The van der Waals surface area contributed by atoms with Gasteiger partial charge in [0.25, 0.3) is 0 Å². The molecule has 0 aromatic heterocycles. The van der Waals surface area contributed by atoms with E-state index in [1.807, 2.05) is 12.1 Å². The van der Waals surface area contributed by atoms with E-state index in [0.29, 0.717) is 5.75 Å². The zero-order valence-electron chi connectivity index (χ0n) is 7.38. The SMILES string of the molecule is C[Si]CCCc1ccc(O)cc1. The Morgan fingerprint density at radius 3 is 2.50 bits per heavy atom. The van der Waals surface area contributed by atoms with Crippen LogP contribution >= 0.6 is 0 Å². The van der Waals surface area contributed by atoms with Crippen LogP contribution in [0, 0.1) is 0 Å². The van der Waals surface area contributed by atoms with E-state index in [-0.39, 0.29) is 0 Å². The van der Waals surface area contributed by atoms with Crippen LogP contribution in [0.15, 0.2) is 24.3 Å². The van der Waals surface area contributed by atoms with Crippen molar-refractivity contribution in [1.29, 1.82) is 0 Å². The van der Waals surface area contributed by atoms with Gasteiger partial charge in [-0.2, -0.15) is 0 Å². The second-order valence-electron chi connectivity index (χ2n) is 2.87. The molecule has 0 bridgehead atoms. The molecule has 0 amide bonds. The molecule has 0 saturated carbocycles. The summed E-state index contributed by atoms with van der Waals surface area (Å²) in [5.74, 6) is 0.358. The van der Waals surface area contributed by atoms with E-state index in [0.717, 1.165) is 15.9 Å². The van der Waals surface area contributed by atoms with Gasteiger partial charge in [0.05, 0.1) is 0 Å². The highest BCUT2D eigenvalue weighted by atomic mass is 28.2. The van der Waals surface area contributed by atoms with Crippen LogP contribution in [-0.4, -0.2) is 14.6 Å². The van der Waals surface area contributed by atoms with Crippen molar-refractivity contribution in [2.45, 2.75) is 25.4 Å². The van der Waals surface area contributed by atoms with Crippen LogP contribution in [0.4, 0.5) is 0 Å². The number of phenols is 1. The highest BCUT2D eigenvalue weighted by Crippen LogP contribution is 2.11. The molecule has 64 valence electrons. The lowest BCUT2D eigenvalue weighted by atomic mass is 10.1. The topological polar surface area (TPSA) is 20.2 Å². The first-order chi connectivity index (χ1) is 5.83. The maximum absolute atomic E-state index is 9.03. The van der Waals surface area contributed by atoms with Gasteiger partial charge in [-0.3, -0.25) is 0 Å². The molecule has 1 aromatic rings. The van der Waals surface area contributed by atoms with Crippen LogP contribution in [0.25, 0.3) is 0 Å². The average molecular weight is 178 g/mol. The Labute approximate surface area is 76.3 Å². The predicted molar refractivity (Wildman–Crippen MR) is 52.9 cm³/mol. The zero-order valence-corrected chi connectivity index (χ0v) is 8.38. The Bertz CT molecular complexity index is 218. The third-order valence-electron chi connectivity index (χ3n) is 1.83. The van der Waals surface area contributed by atoms with E-state index < -0.39 is 0 Å². The fourth-order valence-corrected chi connectivity index (χ4v) is 1.66. The van der Waals surface area contributed by atoms with Gasteiger partial charge < -0.3 is 5.11 Å². The van der Waals surface area contributed by atoms with Crippen LogP contribution < -0.4 is 0 Å². The van der Waals surface area contributed by atoms with Crippen molar-refractivity contribution in [1.82, 2.24) is 0 Å². The highest BCUT2D eigenvalue weighted by Gasteiger charge is 1.92. The molecule has 0 aliphatic heterocycles. The van der Waals surface area contributed by atoms with Gasteiger partial charge in [-0.25, -0.2) is 0 Å². The van der Waals surface area contributed by atoms with Crippen LogP contribution in [0.1, 0.15) is 12.0 Å². The summed E-state index contributed by atoms with van der Waals surface area (Å²) in [5.41, 5.74) is 1.33. The van der Waals surface area contributed by atoms with Crippen molar-refractivity contribution in [2.24, 2.45) is 0 Å². The minimum atomic E-state index is 0.358. The molecular weight excluding hydrogens is 164 g/mol. The van der Waals surface area contributed by atoms with Gasteiger partial charge in [0.15, 0.2) is 0 Å².